The molecule has 2 aromatic rings. The number of aryl methyl sites for hydroxylation is 1. The van der Waals surface area contributed by atoms with Crippen molar-refractivity contribution >= 4 is 5.78 Å². The zero-order chi connectivity index (χ0) is 12.7. The molecule has 0 saturated carbocycles. The molecule has 1 unspecified atom stereocenters. The molecule has 0 bridgehead atoms. The Bertz CT molecular complexity index is 638. The summed E-state index contributed by atoms with van der Waals surface area (Å²) in [6, 6.07) is 16.1. The third kappa shape index (κ3) is 1.52. The van der Waals surface area contributed by atoms with E-state index in [1.165, 1.54) is 5.56 Å². The van der Waals surface area contributed by atoms with Gasteiger partial charge in [0.2, 0.25) is 0 Å². The first kappa shape index (κ1) is 11.0. The number of Topliss-reactive ketones (excluding diaryl/α,β-unsaturated/α-hetero) is 1. The lowest BCUT2D eigenvalue weighted by molar-refractivity contribution is 0.103. The van der Waals surface area contributed by atoms with Gasteiger partial charge in [-0.1, -0.05) is 60.7 Å². The van der Waals surface area contributed by atoms with Gasteiger partial charge < -0.3 is 0 Å². The third-order valence-corrected chi connectivity index (χ3v) is 3.54. The van der Waals surface area contributed by atoms with Gasteiger partial charge in [-0.05, 0) is 18.1 Å². The van der Waals surface area contributed by atoms with E-state index in [2.05, 4.69) is 24.8 Å². The van der Waals surface area contributed by atoms with Crippen LogP contribution in [-0.4, -0.2) is 5.78 Å². The Labute approximate surface area is 107 Å². The fourth-order valence-corrected chi connectivity index (χ4v) is 2.65. The van der Waals surface area contributed by atoms with Crippen LogP contribution >= 0.6 is 0 Å². The van der Waals surface area contributed by atoms with Crippen molar-refractivity contribution in [3.8, 4) is 0 Å². The number of rotatable bonds is 1. The number of hydrogen-bond acceptors (Lipinski definition) is 1. The molecule has 0 radical (unpaired) electrons. The molecule has 0 amide bonds. The summed E-state index contributed by atoms with van der Waals surface area (Å²) in [6.45, 7) is 6.04. The van der Waals surface area contributed by atoms with Crippen molar-refractivity contribution in [2.45, 2.75) is 12.8 Å². The molecule has 1 atom stereocenters. The fourth-order valence-electron chi connectivity index (χ4n) is 2.65. The first-order valence-corrected chi connectivity index (χ1v) is 6.07. The monoisotopic (exact) mass is 234 g/mol. The molecular weight excluding hydrogens is 220 g/mol. The predicted octanol–water partition coefficient (Wildman–Crippen LogP) is 3.88. The zero-order valence-corrected chi connectivity index (χ0v) is 10.3. The van der Waals surface area contributed by atoms with Crippen molar-refractivity contribution in [1.82, 2.24) is 0 Å². The molecule has 0 saturated heterocycles. The average Bonchev–Trinajstić information content (AvgIpc) is 2.63. The van der Waals surface area contributed by atoms with Crippen LogP contribution in [0.3, 0.4) is 0 Å². The second-order valence-corrected chi connectivity index (χ2v) is 4.79. The maximum absolute atomic E-state index is 12.2. The van der Waals surface area contributed by atoms with Gasteiger partial charge >= 0.3 is 0 Å². The summed E-state index contributed by atoms with van der Waals surface area (Å²) in [5.41, 5.74) is 4.90. The Morgan fingerprint density at radius 2 is 1.78 bits per heavy atom. The summed E-state index contributed by atoms with van der Waals surface area (Å²) in [6.07, 6.45) is 0. The van der Waals surface area contributed by atoms with Gasteiger partial charge in [0, 0.05) is 17.1 Å². The highest BCUT2D eigenvalue weighted by Crippen LogP contribution is 2.41. The van der Waals surface area contributed by atoms with Crippen molar-refractivity contribution in [1.29, 1.82) is 0 Å². The van der Waals surface area contributed by atoms with Crippen molar-refractivity contribution in [3.63, 3.8) is 0 Å². The lowest BCUT2D eigenvalue weighted by Crippen LogP contribution is -2.00. The summed E-state index contributed by atoms with van der Waals surface area (Å²) in [5.74, 6) is 0.104. The molecule has 1 aliphatic carbocycles. The van der Waals surface area contributed by atoms with E-state index in [-0.39, 0.29) is 11.7 Å². The number of ketones is 1. The van der Waals surface area contributed by atoms with E-state index in [1.807, 2.05) is 37.3 Å². The minimum atomic E-state index is 0.0219. The molecule has 1 heteroatoms. The highest BCUT2D eigenvalue weighted by molar-refractivity contribution is 6.14. The molecule has 0 aromatic heterocycles. The lowest BCUT2D eigenvalue weighted by Gasteiger charge is -2.12. The number of carbonyl (C=O) groups excluding carboxylic acids is 1. The molecule has 0 aliphatic heterocycles. The normalized spacial score (nSPS) is 17.9. The lowest BCUT2D eigenvalue weighted by atomic mass is 9.90. The van der Waals surface area contributed by atoms with Crippen molar-refractivity contribution < 1.29 is 4.79 Å². The van der Waals surface area contributed by atoms with E-state index >= 15 is 0 Å². The van der Waals surface area contributed by atoms with Gasteiger partial charge in [-0.15, -0.1) is 0 Å². The number of hydrogen-bond donors (Lipinski definition) is 0. The van der Waals surface area contributed by atoms with Crippen LogP contribution in [0.15, 0.2) is 60.7 Å². The summed E-state index contributed by atoms with van der Waals surface area (Å²) in [7, 11) is 0. The van der Waals surface area contributed by atoms with E-state index in [0.717, 1.165) is 16.7 Å². The Hall–Kier alpha value is -2.15. The van der Waals surface area contributed by atoms with Crippen molar-refractivity contribution in [3.05, 3.63) is 82.9 Å². The largest absolute Gasteiger partial charge is 0.289 e. The molecule has 2 aromatic carbocycles. The van der Waals surface area contributed by atoms with Crippen LogP contribution in [0.4, 0.5) is 0 Å². The molecule has 0 heterocycles. The summed E-state index contributed by atoms with van der Waals surface area (Å²) >= 11 is 0. The molecule has 3 rings (SSSR count). The quantitative estimate of drug-likeness (QED) is 0.684. The van der Waals surface area contributed by atoms with Crippen LogP contribution in [0.25, 0.3) is 0 Å². The van der Waals surface area contributed by atoms with Gasteiger partial charge in [-0.3, -0.25) is 4.79 Å². The van der Waals surface area contributed by atoms with E-state index in [0.29, 0.717) is 5.57 Å². The topological polar surface area (TPSA) is 17.1 Å². The maximum Gasteiger partial charge on any atom is 0.189 e. The summed E-state index contributed by atoms with van der Waals surface area (Å²) in [4.78, 5) is 12.2. The van der Waals surface area contributed by atoms with Gasteiger partial charge in [0.1, 0.15) is 0 Å². The van der Waals surface area contributed by atoms with Gasteiger partial charge in [-0.2, -0.15) is 0 Å². The minimum absolute atomic E-state index is 0.0219. The first-order chi connectivity index (χ1) is 8.68. The third-order valence-electron chi connectivity index (χ3n) is 3.54. The zero-order valence-electron chi connectivity index (χ0n) is 10.3. The second-order valence-electron chi connectivity index (χ2n) is 4.79. The molecule has 0 spiro atoms. The highest BCUT2D eigenvalue weighted by Gasteiger charge is 2.33. The van der Waals surface area contributed by atoms with Crippen molar-refractivity contribution in [2.75, 3.05) is 0 Å². The molecule has 0 fully saturated rings. The van der Waals surface area contributed by atoms with Crippen LogP contribution in [0, 0.1) is 6.92 Å². The van der Waals surface area contributed by atoms with Crippen LogP contribution < -0.4 is 0 Å². The van der Waals surface area contributed by atoms with Crippen LogP contribution in [-0.2, 0) is 0 Å². The molecule has 1 aliphatic rings. The standard InChI is InChI=1S/C17H14O/c1-11-8-9-14-15(10-11)16(12(2)17(14)18)13-6-4-3-5-7-13/h3-10,16H,2H2,1H3. The number of fused-ring (bicyclic) bond motifs is 1. The maximum atomic E-state index is 12.2. The summed E-state index contributed by atoms with van der Waals surface area (Å²) in [5, 5.41) is 0. The summed E-state index contributed by atoms with van der Waals surface area (Å²) < 4.78 is 0. The van der Waals surface area contributed by atoms with E-state index in [9.17, 15) is 4.79 Å². The Kier molecular flexibility index (Phi) is 2.41. The minimum Gasteiger partial charge on any atom is -0.289 e. The smallest absolute Gasteiger partial charge is 0.189 e. The van der Waals surface area contributed by atoms with Gasteiger partial charge in [0.25, 0.3) is 0 Å². The predicted molar refractivity (Wildman–Crippen MR) is 72.9 cm³/mol. The van der Waals surface area contributed by atoms with Crippen LogP contribution in [0.1, 0.15) is 33.0 Å². The number of carbonyl (C=O) groups is 1. The average molecular weight is 234 g/mol. The van der Waals surface area contributed by atoms with E-state index in [1.54, 1.807) is 0 Å². The molecule has 18 heavy (non-hydrogen) atoms. The van der Waals surface area contributed by atoms with E-state index in [4.69, 9.17) is 0 Å². The Morgan fingerprint density at radius 3 is 2.50 bits per heavy atom. The Morgan fingerprint density at radius 1 is 1.06 bits per heavy atom. The van der Waals surface area contributed by atoms with Crippen molar-refractivity contribution in [2.24, 2.45) is 0 Å². The number of benzene rings is 2. The molecular formula is C17H14O. The first-order valence-electron chi connectivity index (χ1n) is 6.07. The van der Waals surface area contributed by atoms with Crippen LogP contribution in [0.2, 0.25) is 0 Å². The molecule has 0 N–H and O–H groups in total. The SMILES string of the molecule is C=C1C(=O)c2ccc(C)cc2C1c1ccccc1. The van der Waals surface area contributed by atoms with Gasteiger partial charge in [0.15, 0.2) is 5.78 Å². The second kappa shape index (κ2) is 3.95. The van der Waals surface area contributed by atoms with Gasteiger partial charge in [0.05, 0.1) is 0 Å². The number of allylic oxidation sites excluding steroid dienone is 1. The fraction of sp³-hybridized carbons (Fsp3) is 0.118. The van der Waals surface area contributed by atoms with Gasteiger partial charge in [-0.25, -0.2) is 0 Å². The molecule has 1 nitrogen and oxygen atoms in total. The van der Waals surface area contributed by atoms with E-state index < -0.39 is 0 Å². The van der Waals surface area contributed by atoms with Crippen LogP contribution in [0.5, 0.6) is 0 Å². The Balaban J connectivity index is 2.21. The molecule has 88 valence electrons. The highest BCUT2D eigenvalue weighted by atomic mass is 16.1.